The Bertz CT molecular complexity index is 828. The van der Waals surface area contributed by atoms with Crippen molar-refractivity contribution >= 4 is 34.9 Å². The maximum atomic E-state index is 11.4. The van der Waals surface area contributed by atoms with Crippen LogP contribution in [0, 0.1) is 0 Å². The number of carboxylic acid groups (broad SMARTS) is 1. The molecule has 6 nitrogen and oxygen atoms in total. The number of hydrogen-bond acceptors (Lipinski definition) is 5. The van der Waals surface area contributed by atoms with Crippen LogP contribution in [0.25, 0.3) is 0 Å². The number of nitrogens with zero attached hydrogens (tertiary/aromatic N) is 3. The Kier molecular flexibility index (Phi) is 9.54. The first kappa shape index (κ1) is 25.4. The zero-order valence-electron chi connectivity index (χ0n) is 18.8. The second kappa shape index (κ2) is 11.7. The lowest BCUT2D eigenvalue weighted by Crippen LogP contribution is -2.46. The predicted molar refractivity (Wildman–Crippen MR) is 130 cm³/mol. The van der Waals surface area contributed by atoms with Crippen molar-refractivity contribution in [2.75, 3.05) is 32.2 Å². The van der Waals surface area contributed by atoms with E-state index in [0.29, 0.717) is 16.7 Å². The average Bonchev–Trinajstić information content (AvgIpc) is 2.68. The summed E-state index contributed by atoms with van der Waals surface area (Å²) in [5.41, 5.74) is 9.64. The van der Waals surface area contributed by atoms with Crippen LogP contribution in [0.1, 0.15) is 39.5 Å². The van der Waals surface area contributed by atoms with E-state index >= 15 is 0 Å². The van der Waals surface area contributed by atoms with Crippen LogP contribution in [0.3, 0.4) is 0 Å². The molecule has 31 heavy (non-hydrogen) atoms. The SMILES string of the molecule is CCN(C)/C1=C(\N(C)CN(c2ccc(Cl)cc2Cl)C(C)CC(=O)O)C(N)CC/C=C\C1. The molecule has 2 atom stereocenters. The van der Waals surface area contributed by atoms with Gasteiger partial charge >= 0.3 is 5.97 Å². The molecule has 1 aromatic carbocycles. The first-order valence-electron chi connectivity index (χ1n) is 10.6. The topological polar surface area (TPSA) is 73.0 Å². The van der Waals surface area contributed by atoms with Crippen molar-refractivity contribution in [2.45, 2.75) is 51.6 Å². The minimum Gasteiger partial charge on any atom is -0.481 e. The number of aliphatic carboxylic acids is 1. The van der Waals surface area contributed by atoms with E-state index in [9.17, 15) is 9.90 Å². The molecule has 0 fully saturated rings. The van der Waals surface area contributed by atoms with Gasteiger partial charge in [0, 0.05) is 49.9 Å². The monoisotopic (exact) mass is 468 g/mol. The van der Waals surface area contributed by atoms with Crippen molar-refractivity contribution in [2.24, 2.45) is 5.73 Å². The molecule has 0 amide bonds. The molecular formula is C23H34Cl2N4O2. The molecule has 2 rings (SSSR count). The van der Waals surface area contributed by atoms with E-state index in [0.717, 1.165) is 37.2 Å². The lowest BCUT2D eigenvalue weighted by molar-refractivity contribution is -0.137. The number of allylic oxidation sites excluding steroid dienone is 2. The molecule has 0 aromatic heterocycles. The molecule has 0 radical (unpaired) electrons. The minimum atomic E-state index is -0.858. The number of rotatable bonds is 9. The zero-order valence-corrected chi connectivity index (χ0v) is 20.3. The van der Waals surface area contributed by atoms with E-state index < -0.39 is 5.97 Å². The van der Waals surface area contributed by atoms with Crippen LogP contribution in [0.4, 0.5) is 5.69 Å². The third kappa shape index (κ3) is 6.79. The van der Waals surface area contributed by atoms with Gasteiger partial charge in [0.1, 0.15) is 0 Å². The standard InChI is InChI=1S/C23H34Cl2N4O2/c1-5-27(3)21-10-8-6-7-9-19(26)23(21)28(4)15-29(16(2)13-22(30)31)20-12-11-17(24)14-18(20)25/h6,8,11-12,14,16,19H,5,7,9-10,13,15,26H2,1-4H3,(H,30,31)/b8-6-,23-21-. The molecule has 1 aromatic rings. The number of nitrogens with two attached hydrogens (primary N) is 1. The van der Waals surface area contributed by atoms with Crippen LogP contribution in [-0.2, 0) is 4.79 Å². The number of hydrogen-bond donors (Lipinski definition) is 2. The quantitative estimate of drug-likeness (QED) is 0.401. The van der Waals surface area contributed by atoms with Crippen molar-refractivity contribution in [1.29, 1.82) is 0 Å². The van der Waals surface area contributed by atoms with E-state index in [1.54, 1.807) is 12.1 Å². The van der Waals surface area contributed by atoms with E-state index in [4.69, 9.17) is 28.9 Å². The van der Waals surface area contributed by atoms with Crippen molar-refractivity contribution in [3.63, 3.8) is 0 Å². The molecule has 172 valence electrons. The Hall–Kier alpha value is -1.89. The highest BCUT2D eigenvalue weighted by Gasteiger charge is 2.26. The maximum absolute atomic E-state index is 11.4. The van der Waals surface area contributed by atoms with E-state index in [2.05, 4.69) is 35.9 Å². The van der Waals surface area contributed by atoms with E-state index in [1.807, 2.05) is 24.9 Å². The highest BCUT2D eigenvalue weighted by atomic mass is 35.5. The molecular weight excluding hydrogens is 435 g/mol. The van der Waals surface area contributed by atoms with E-state index in [1.165, 1.54) is 5.70 Å². The Morgan fingerprint density at radius 2 is 1.97 bits per heavy atom. The Morgan fingerprint density at radius 3 is 2.58 bits per heavy atom. The van der Waals surface area contributed by atoms with Crippen molar-refractivity contribution < 1.29 is 9.90 Å². The van der Waals surface area contributed by atoms with Gasteiger partial charge in [-0.3, -0.25) is 4.79 Å². The van der Waals surface area contributed by atoms with Crippen LogP contribution >= 0.6 is 23.2 Å². The van der Waals surface area contributed by atoms with Crippen LogP contribution in [0.5, 0.6) is 0 Å². The van der Waals surface area contributed by atoms with Gasteiger partial charge in [-0.05, 0) is 44.9 Å². The van der Waals surface area contributed by atoms with Crippen molar-refractivity contribution in [1.82, 2.24) is 9.80 Å². The molecule has 0 heterocycles. The molecule has 0 bridgehead atoms. The molecule has 1 aliphatic rings. The largest absolute Gasteiger partial charge is 0.481 e. The smallest absolute Gasteiger partial charge is 0.305 e. The van der Waals surface area contributed by atoms with Crippen molar-refractivity contribution in [3.05, 3.63) is 51.8 Å². The molecule has 1 aliphatic carbocycles. The number of carboxylic acids is 1. The van der Waals surface area contributed by atoms with Gasteiger partial charge in [0.15, 0.2) is 0 Å². The normalized spacial score (nSPS) is 21.1. The molecule has 8 heteroatoms. The van der Waals surface area contributed by atoms with Crippen LogP contribution < -0.4 is 10.6 Å². The first-order valence-corrected chi connectivity index (χ1v) is 11.4. The molecule has 0 saturated carbocycles. The number of anilines is 1. The minimum absolute atomic E-state index is 0.0116. The highest BCUT2D eigenvalue weighted by Crippen LogP contribution is 2.32. The van der Waals surface area contributed by atoms with Gasteiger partial charge in [-0.15, -0.1) is 0 Å². The van der Waals surface area contributed by atoms with Crippen LogP contribution in [0.15, 0.2) is 41.7 Å². The predicted octanol–water partition coefficient (Wildman–Crippen LogP) is 4.78. The molecule has 0 saturated heterocycles. The van der Waals surface area contributed by atoms with Crippen molar-refractivity contribution in [3.8, 4) is 0 Å². The summed E-state index contributed by atoms with van der Waals surface area (Å²) >= 11 is 12.6. The fourth-order valence-corrected chi connectivity index (χ4v) is 4.44. The van der Waals surface area contributed by atoms with Gasteiger partial charge in [-0.1, -0.05) is 35.4 Å². The average molecular weight is 469 g/mol. The Balaban J connectivity index is 2.47. The first-order chi connectivity index (χ1) is 14.6. The van der Waals surface area contributed by atoms with Crippen LogP contribution in [0.2, 0.25) is 10.0 Å². The molecule has 2 unspecified atom stereocenters. The molecule has 0 aliphatic heterocycles. The molecule has 3 N–H and O–H groups in total. The van der Waals surface area contributed by atoms with Gasteiger partial charge in [-0.25, -0.2) is 0 Å². The van der Waals surface area contributed by atoms with Gasteiger partial charge in [0.2, 0.25) is 0 Å². The number of carbonyl (C=O) groups is 1. The maximum Gasteiger partial charge on any atom is 0.305 e. The fraction of sp³-hybridized carbons (Fsp3) is 0.522. The zero-order chi connectivity index (χ0) is 23.1. The summed E-state index contributed by atoms with van der Waals surface area (Å²) in [4.78, 5) is 17.8. The van der Waals surface area contributed by atoms with Gasteiger partial charge < -0.3 is 25.5 Å². The number of benzene rings is 1. The van der Waals surface area contributed by atoms with Gasteiger partial charge in [-0.2, -0.15) is 0 Å². The summed E-state index contributed by atoms with van der Waals surface area (Å²) < 4.78 is 0. The van der Waals surface area contributed by atoms with E-state index in [-0.39, 0.29) is 18.5 Å². The summed E-state index contributed by atoms with van der Waals surface area (Å²) in [6.07, 6.45) is 6.97. The Morgan fingerprint density at radius 1 is 1.26 bits per heavy atom. The number of likely N-dealkylation sites (N-methyl/N-ethyl adjacent to an activating group) is 1. The molecule has 0 spiro atoms. The third-order valence-corrected chi connectivity index (χ3v) is 6.24. The fourth-order valence-electron chi connectivity index (χ4n) is 3.92. The lowest BCUT2D eigenvalue weighted by atomic mass is 10.0. The van der Waals surface area contributed by atoms with Gasteiger partial charge in [0.25, 0.3) is 0 Å². The second-order valence-corrected chi connectivity index (χ2v) is 8.90. The summed E-state index contributed by atoms with van der Waals surface area (Å²) in [7, 11) is 4.08. The summed E-state index contributed by atoms with van der Waals surface area (Å²) in [5.74, 6) is -0.858. The van der Waals surface area contributed by atoms with Crippen LogP contribution in [-0.4, -0.2) is 60.3 Å². The van der Waals surface area contributed by atoms with Gasteiger partial charge in [0.05, 0.1) is 29.5 Å². The second-order valence-electron chi connectivity index (χ2n) is 8.06. The summed E-state index contributed by atoms with van der Waals surface area (Å²) in [6.45, 7) is 5.33. The number of halogens is 2. The summed E-state index contributed by atoms with van der Waals surface area (Å²) in [6, 6.07) is 4.89. The Labute approximate surface area is 195 Å². The summed E-state index contributed by atoms with van der Waals surface area (Å²) in [5, 5.41) is 10.4. The highest BCUT2D eigenvalue weighted by molar-refractivity contribution is 6.36. The third-order valence-electron chi connectivity index (χ3n) is 5.70. The lowest BCUT2D eigenvalue weighted by Gasteiger charge is -2.40.